The number of hydrogen-bond acceptors (Lipinski definition) is 3. The second-order valence-electron chi connectivity index (χ2n) is 3.69. The van der Waals surface area contributed by atoms with E-state index in [4.69, 9.17) is 5.73 Å². The van der Waals surface area contributed by atoms with Crippen molar-refractivity contribution in [2.24, 2.45) is 0 Å². The average molecular weight is 187 g/mol. The zero-order valence-corrected chi connectivity index (χ0v) is 8.36. The first-order valence-corrected chi connectivity index (χ1v) is 4.68. The molecule has 72 valence electrons. The van der Waals surface area contributed by atoms with Crippen molar-refractivity contribution in [2.75, 3.05) is 5.73 Å². The Labute approximate surface area is 83.0 Å². The van der Waals surface area contributed by atoms with Crippen molar-refractivity contribution in [1.29, 1.82) is 0 Å². The molecule has 14 heavy (non-hydrogen) atoms. The van der Waals surface area contributed by atoms with E-state index < -0.39 is 0 Å². The summed E-state index contributed by atoms with van der Waals surface area (Å²) >= 11 is 0. The summed E-state index contributed by atoms with van der Waals surface area (Å²) in [4.78, 5) is 8.48. The SMILES string of the molecule is CC(C)c1ncnc2cc(N)ccc12. The van der Waals surface area contributed by atoms with Crippen LogP contribution in [0.15, 0.2) is 24.5 Å². The molecule has 0 aliphatic carbocycles. The lowest BCUT2D eigenvalue weighted by atomic mass is 10.0. The van der Waals surface area contributed by atoms with Crippen molar-refractivity contribution in [2.45, 2.75) is 19.8 Å². The lowest BCUT2D eigenvalue weighted by molar-refractivity contribution is 0.828. The molecule has 1 aromatic carbocycles. The van der Waals surface area contributed by atoms with Gasteiger partial charge in [-0.1, -0.05) is 13.8 Å². The molecule has 1 heterocycles. The van der Waals surface area contributed by atoms with Crippen LogP contribution in [0, 0.1) is 0 Å². The molecule has 0 saturated heterocycles. The topological polar surface area (TPSA) is 51.8 Å². The molecule has 2 N–H and O–H groups in total. The second-order valence-corrected chi connectivity index (χ2v) is 3.69. The fourth-order valence-electron chi connectivity index (χ4n) is 1.55. The lowest BCUT2D eigenvalue weighted by Gasteiger charge is -2.07. The molecular weight excluding hydrogens is 174 g/mol. The van der Waals surface area contributed by atoms with Crippen LogP contribution in [0.4, 0.5) is 5.69 Å². The van der Waals surface area contributed by atoms with Gasteiger partial charge in [0.15, 0.2) is 0 Å². The molecule has 0 spiro atoms. The van der Waals surface area contributed by atoms with E-state index >= 15 is 0 Å². The van der Waals surface area contributed by atoms with E-state index in [0.717, 1.165) is 22.3 Å². The van der Waals surface area contributed by atoms with Crippen molar-refractivity contribution in [3.63, 3.8) is 0 Å². The molecular formula is C11H13N3. The Morgan fingerprint density at radius 3 is 2.71 bits per heavy atom. The van der Waals surface area contributed by atoms with Gasteiger partial charge in [0, 0.05) is 11.1 Å². The summed E-state index contributed by atoms with van der Waals surface area (Å²) < 4.78 is 0. The fourth-order valence-corrected chi connectivity index (χ4v) is 1.55. The number of benzene rings is 1. The quantitative estimate of drug-likeness (QED) is 0.697. The molecule has 2 aromatic rings. The number of nitrogens with two attached hydrogens (primary N) is 1. The standard InChI is InChI=1S/C11H13N3/c1-7(2)11-9-4-3-8(12)5-10(9)13-6-14-11/h3-7H,12H2,1-2H3. The largest absolute Gasteiger partial charge is 0.399 e. The summed E-state index contributed by atoms with van der Waals surface area (Å²) in [6.45, 7) is 4.25. The molecule has 1 aromatic heterocycles. The summed E-state index contributed by atoms with van der Waals surface area (Å²) in [5, 5.41) is 1.09. The maximum Gasteiger partial charge on any atom is 0.116 e. The van der Waals surface area contributed by atoms with Gasteiger partial charge in [0.25, 0.3) is 0 Å². The zero-order chi connectivity index (χ0) is 10.1. The summed E-state index contributed by atoms with van der Waals surface area (Å²) in [5.41, 5.74) is 8.43. The van der Waals surface area contributed by atoms with Crippen molar-refractivity contribution in [3.8, 4) is 0 Å². The lowest BCUT2D eigenvalue weighted by Crippen LogP contribution is -1.96. The number of fused-ring (bicyclic) bond motifs is 1. The van der Waals surface area contributed by atoms with Crippen LogP contribution < -0.4 is 5.73 Å². The first kappa shape index (κ1) is 8.94. The van der Waals surface area contributed by atoms with Crippen molar-refractivity contribution in [1.82, 2.24) is 9.97 Å². The third kappa shape index (κ3) is 1.41. The van der Waals surface area contributed by atoms with Crippen LogP contribution in [0.3, 0.4) is 0 Å². The van der Waals surface area contributed by atoms with E-state index in [9.17, 15) is 0 Å². The zero-order valence-electron chi connectivity index (χ0n) is 8.36. The molecule has 0 bridgehead atoms. The minimum Gasteiger partial charge on any atom is -0.399 e. The van der Waals surface area contributed by atoms with E-state index in [1.54, 1.807) is 6.33 Å². The van der Waals surface area contributed by atoms with Gasteiger partial charge < -0.3 is 5.73 Å². The first-order valence-electron chi connectivity index (χ1n) is 4.68. The Bertz CT molecular complexity index is 463. The van der Waals surface area contributed by atoms with Gasteiger partial charge >= 0.3 is 0 Å². The molecule has 0 aliphatic heterocycles. The molecule has 0 unspecified atom stereocenters. The summed E-state index contributed by atoms with van der Waals surface area (Å²) in [6, 6.07) is 5.75. The second kappa shape index (κ2) is 3.25. The Balaban J connectivity index is 2.75. The fraction of sp³-hybridized carbons (Fsp3) is 0.273. The molecule has 0 fully saturated rings. The van der Waals surface area contributed by atoms with E-state index in [1.807, 2.05) is 18.2 Å². The molecule has 0 saturated carbocycles. The van der Waals surface area contributed by atoms with Gasteiger partial charge in [0.2, 0.25) is 0 Å². The van der Waals surface area contributed by atoms with Crippen molar-refractivity contribution < 1.29 is 0 Å². The number of nitrogens with zero attached hydrogens (tertiary/aromatic N) is 2. The van der Waals surface area contributed by atoms with E-state index in [-0.39, 0.29) is 0 Å². The highest BCUT2D eigenvalue weighted by atomic mass is 14.8. The van der Waals surface area contributed by atoms with Crippen LogP contribution in [0.25, 0.3) is 10.9 Å². The predicted molar refractivity (Wildman–Crippen MR) is 58.0 cm³/mol. The van der Waals surface area contributed by atoms with Crippen LogP contribution in [-0.2, 0) is 0 Å². The third-order valence-corrected chi connectivity index (χ3v) is 2.24. The van der Waals surface area contributed by atoms with Crippen LogP contribution in [0.5, 0.6) is 0 Å². The molecule has 0 amide bonds. The molecule has 0 atom stereocenters. The van der Waals surface area contributed by atoms with Gasteiger partial charge in [-0.05, 0) is 24.1 Å². The van der Waals surface area contributed by atoms with Gasteiger partial charge in [0.05, 0.1) is 11.2 Å². The molecule has 0 aliphatic rings. The van der Waals surface area contributed by atoms with Crippen LogP contribution in [-0.4, -0.2) is 9.97 Å². The molecule has 3 nitrogen and oxygen atoms in total. The third-order valence-electron chi connectivity index (χ3n) is 2.24. The van der Waals surface area contributed by atoms with Gasteiger partial charge in [-0.25, -0.2) is 9.97 Å². The van der Waals surface area contributed by atoms with Gasteiger partial charge in [-0.2, -0.15) is 0 Å². The van der Waals surface area contributed by atoms with Gasteiger partial charge in [-0.15, -0.1) is 0 Å². The van der Waals surface area contributed by atoms with E-state index in [2.05, 4.69) is 23.8 Å². The molecule has 3 heteroatoms. The predicted octanol–water partition coefficient (Wildman–Crippen LogP) is 2.34. The highest BCUT2D eigenvalue weighted by molar-refractivity contribution is 5.83. The highest BCUT2D eigenvalue weighted by Crippen LogP contribution is 2.22. The van der Waals surface area contributed by atoms with E-state index in [1.165, 1.54) is 0 Å². The van der Waals surface area contributed by atoms with Crippen molar-refractivity contribution in [3.05, 3.63) is 30.2 Å². The van der Waals surface area contributed by atoms with Crippen LogP contribution in [0.1, 0.15) is 25.5 Å². The van der Waals surface area contributed by atoms with Crippen LogP contribution >= 0.6 is 0 Å². The number of nitrogen functional groups attached to an aromatic ring is 1. The number of rotatable bonds is 1. The number of hydrogen-bond donors (Lipinski definition) is 1. The monoisotopic (exact) mass is 187 g/mol. The Kier molecular flexibility index (Phi) is 2.08. The Morgan fingerprint density at radius 1 is 1.21 bits per heavy atom. The minimum absolute atomic E-state index is 0.407. The van der Waals surface area contributed by atoms with Gasteiger partial charge in [-0.3, -0.25) is 0 Å². The van der Waals surface area contributed by atoms with E-state index in [0.29, 0.717) is 5.92 Å². The normalized spacial score (nSPS) is 11.1. The average Bonchev–Trinajstić information content (AvgIpc) is 2.16. The smallest absolute Gasteiger partial charge is 0.116 e. The summed E-state index contributed by atoms with van der Waals surface area (Å²) in [6.07, 6.45) is 1.59. The maximum atomic E-state index is 5.69. The number of anilines is 1. The maximum absolute atomic E-state index is 5.69. The minimum atomic E-state index is 0.407. The summed E-state index contributed by atoms with van der Waals surface area (Å²) in [7, 11) is 0. The highest BCUT2D eigenvalue weighted by Gasteiger charge is 2.06. The van der Waals surface area contributed by atoms with Crippen LogP contribution in [0.2, 0.25) is 0 Å². The van der Waals surface area contributed by atoms with Gasteiger partial charge in [0.1, 0.15) is 6.33 Å². The molecule has 0 radical (unpaired) electrons. The van der Waals surface area contributed by atoms with Crippen molar-refractivity contribution >= 4 is 16.6 Å². The molecule has 2 rings (SSSR count). The number of aromatic nitrogens is 2. The summed E-state index contributed by atoms with van der Waals surface area (Å²) in [5.74, 6) is 0.407. The Hall–Kier alpha value is -1.64. The first-order chi connectivity index (χ1) is 6.68. The Morgan fingerprint density at radius 2 is 2.00 bits per heavy atom.